The van der Waals surface area contributed by atoms with Crippen LogP contribution >= 0.6 is 55.1 Å². The predicted octanol–water partition coefficient (Wildman–Crippen LogP) is 8.16. The number of ether oxygens (including phenoxy) is 1. The number of rotatable bonds is 5. The van der Waals surface area contributed by atoms with Gasteiger partial charge in [0.25, 0.3) is 0 Å². The summed E-state index contributed by atoms with van der Waals surface area (Å²) in [5.41, 5.74) is 3.61. The van der Waals surface area contributed by atoms with E-state index in [4.69, 9.17) is 27.9 Å². The number of halogens is 4. The Morgan fingerprint density at radius 2 is 1.81 bits per heavy atom. The maximum atomic E-state index is 6.23. The fourth-order valence-electron chi connectivity index (χ4n) is 2.45. The predicted molar refractivity (Wildman–Crippen MR) is 121 cm³/mol. The molecule has 0 N–H and O–H groups in total. The van der Waals surface area contributed by atoms with Crippen molar-refractivity contribution in [3.8, 4) is 5.75 Å². The topological polar surface area (TPSA) is 21.6 Å². The third-order valence-corrected chi connectivity index (χ3v) is 5.53. The molecule has 3 aromatic carbocycles. The number of benzene rings is 3. The largest absolute Gasteiger partial charge is 0.487 e. The Morgan fingerprint density at radius 3 is 2.59 bits per heavy atom. The van der Waals surface area contributed by atoms with Crippen molar-refractivity contribution in [2.24, 2.45) is 4.99 Å². The Hall–Kier alpha value is -1.33. The highest BCUT2D eigenvalue weighted by Crippen LogP contribution is 2.34. The molecule has 27 heavy (non-hydrogen) atoms. The van der Waals surface area contributed by atoms with Crippen molar-refractivity contribution in [3.05, 3.63) is 90.3 Å². The maximum Gasteiger partial charge on any atom is 0.142 e. The summed E-state index contributed by atoms with van der Waals surface area (Å²) in [5, 5.41) is 1.33. The van der Waals surface area contributed by atoms with Crippen LogP contribution < -0.4 is 4.74 Å². The maximum absolute atomic E-state index is 6.23. The van der Waals surface area contributed by atoms with E-state index in [1.807, 2.05) is 61.5 Å². The van der Waals surface area contributed by atoms with E-state index in [9.17, 15) is 0 Å². The molecule has 0 saturated carbocycles. The monoisotopic (exact) mass is 525 g/mol. The lowest BCUT2D eigenvalue weighted by Crippen LogP contribution is -2.00. The van der Waals surface area contributed by atoms with Crippen LogP contribution in [0.2, 0.25) is 10.0 Å². The summed E-state index contributed by atoms with van der Waals surface area (Å²) in [4.78, 5) is 4.60. The van der Waals surface area contributed by atoms with Crippen molar-refractivity contribution in [3.63, 3.8) is 0 Å². The molecule has 0 spiro atoms. The highest BCUT2D eigenvalue weighted by atomic mass is 79.9. The smallest absolute Gasteiger partial charge is 0.142 e. The van der Waals surface area contributed by atoms with Crippen LogP contribution in [-0.2, 0) is 6.61 Å². The van der Waals surface area contributed by atoms with Gasteiger partial charge in [-0.2, -0.15) is 0 Å². The Labute approximate surface area is 185 Å². The number of nitrogens with zero attached hydrogens (tertiary/aromatic N) is 1. The van der Waals surface area contributed by atoms with Crippen molar-refractivity contribution >= 4 is 67.0 Å². The van der Waals surface area contributed by atoms with E-state index >= 15 is 0 Å². The minimum Gasteiger partial charge on any atom is -0.487 e. The van der Waals surface area contributed by atoms with Gasteiger partial charge in [-0.05, 0) is 58.7 Å². The molecule has 3 aromatic rings. The summed E-state index contributed by atoms with van der Waals surface area (Å²) in [6, 6.07) is 17.1. The third-order valence-electron chi connectivity index (χ3n) is 3.88. The minimum absolute atomic E-state index is 0.358. The fourth-order valence-corrected chi connectivity index (χ4v) is 4.18. The molecule has 2 nitrogen and oxygen atoms in total. The molecular weight excluding hydrogens is 513 g/mol. The Morgan fingerprint density at radius 1 is 1.04 bits per heavy atom. The highest BCUT2D eigenvalue weighted by Gasteiger charge is 2.11. The van der Waals surface area contributed by atoms with Crippen LogP contribution in [0.25, 0.3) is 0 Å². The second kappa shape index (κ2) is 9.24. The summed E-state index contributed by atoms with van der Waals surface area (Å²) in [6.07, 6.45) is 1.77. The number of aliphatic imine (C=N–C) groups is 1. The van der Waals surface area contributed by atoms with E-state index in [1.54, 1.807) is 6.21 Å². The summed E-state index contributed by atoms with van der Waals surface area (Å²) >= 11 is 19.4. The average Bonchev–Trinajstić information content (AvgIpc) is 2.63. The molecule has 0 unspecified atom stereocenters. The van der Waals surface area contributed by atoms with Gasteiger partial charge in [0.15, 0.2) is 0 Å². The van der Waals surface area contributed by atoms with Crippen LogP contribution in [0, 0.1) is 6.92 Å². The molecule has 3 rings (SSSR count). The van der Waals surface area contributed by atoms with Gasteiger partial charge in [0.1, 0.15) is 12.4 Å². The van der Waals surface area contributed by atoms with Crippen molar-refractivity contribution in [1.82, 2.24) is 0 Å². The van der Waals surface area contributed by atoms with E-state index in [2.05, 4.69) is 36.9 Å². The molecule has 0 aliphatic heterocycles. The van der Waals surface area contributed by atoms with Crippen LogP contribution in [-0.4, -0.2) is 6.21 Å². The molecule has 0 aliphatic carbocycles. The molecule has 0 bridgehead atoms. The van der Waals surface area contributed by atoms with E-state index in [-0.39, 0.29) is 0 Å². The molecule has 138 valence electrons. The molecular formula is C21H15Br2Cl2NO. The van der Waals surface area contributed by atoms with Gasteiger partial charge in [0.05, 0.1) is 10.2 Å². The lowest BCUT2D eigenvalue weighted by molar-refractivity contribution is 0.304. The fraction of sp³-hybridized carbons (Fsp3) is 0.0952. The van der Waals surface area contributed by atoms with Gasteiger partial charge in [0, 0.05) is 31.9 Å². The van der Waals surface area contributed by atoms with Gasteiger partial charge >= 0.3 is 0 Å². The summed E-state index contributed by atoms with van der Waals surface area (Å²) in [7, 11) is 0. The standard InChI is InChI=1S/C21H15Br2Cl2NO/c1-13-6-7-17(24)10-20(13)26-11-15-8-16(22)9-18(23)21(15)27-12-14-4-2-3-5-19(14)25/h2-11H,12H2,1H3. The lowest BCUT2D eigenvalue weighted by Gasteiger charge is -2.13. The van der Waals surface area contributed by atoms with Crippen LogP contribution in [0.4, 0.5) is 5.69 Å². The normalized spacial score (nSPS) is 11.1. The van der Waals surface area contributed by atoms with E-state index < -0.39 is 0 Å². The van der Waals surface area contributed by atoms with Crippen molar-refractivity contribution < 1.29 is 4.74 Å². The Kier molecular flexibility index (Phi) is 6.99. The number of aryl methyl sites for hydroxylation is 1. The molecule has 0 atom stereocenters. The molecule has 0 radical (unpaired) electrons. The molecule has 0 fully saturated rings. The number of hydrogen-bond acceptors (Lipinski definition) is 2. The first kappa shape index (κ1) is 20.4. The Bertz CT molecular complexity index is 1010. The van der Waals surface area contributed by atoms with E-state index in [1.165, 1.54) is 0 Å². The quantitative estimate of drug-likeness (QED) is 0.307. The molecule has 0 aliphatic rings. The first-order chi connectivity index (χ1) is 12.9. The summed E-state index contributed by atoms with van der Waals surface area (Å²) < 4.78 is 7.81. The zero-order valence-corrected chi connectivity index (χ0v) is 19.0. The highest BCUT2D eigenvalue weighted by molar-refractivity contribution is 9.11. The zero-order valence-electron chi connectivity index (χ0n) is 14.3. The van der Waals surface area contributed by atoms with Crippen molar-refractivity contribution in [2.45, 2.75) is 13.5 Å². The SMILES string of the molecule is Cc1ccc(Cl)cc1N=Cc1cc(Br)cc(Br)c1OCc1ccccc1Cl. The molecule has 0 amide bonds. The van der Waals surface area contributed by atoms with Crippen LogP contribution in [0.15, 0.2) is 68.5 Å². The summed E-state index contributed by atoms with van der Waals surface area (Å²) in [6.45, 7) is 2.35. The minimum atomic E-state index is 0.358. The van der Waals surface area contributed by atoms with Crippen LogP contribution in [0.1, 0.15) is 16.7 Å². The molecule has 0 saturated heterocycles. The Balaban J connectivity index is 1.92. The van der Waals surface area contributed by atoms with E-state index in [0.717, 1.165) is 31.3 Å². The van der Waals surface area contributed by atoms with Gasteiger partial charge < -0.3 is 4.74 Å². The van der Waals surface area contributed by atoms with Crippen LogP contribution in [0.3, 0.4) is 0 Å². The lowest BCUT2D eigenvalue weighted by atomic mass is 10.2. The first-order valence-electron chi connectivity index (χ1n) is 8.09. The van der Waals surface area contributed by atoms with E-state index in [0.29, 0.717) is 22.4 Å². The van der Waals surface area contributed by atoms with Gasteiger partial charge in [0.2, 0.25) is 0 Å². The van der Waals surface area contributed by atoms with Gasteiger partial charge in [-0.15, -0.1) is 0 Å². The zero-order chi connectivity index (χ0) is 19.4. The van der Waals surface area contributed by atoms with Crippen molar-refractivity contribution in [1.29, 1.82) is 0 Å². The molecule has 6 heteroatoms. The third kappa shape index (κ3) is 5.35. The number of hydrogen-bond donors (Lipinski definition) is 0. The second-order valence-corrected chi connectivity index (χ2v) is 8.49. The average molecular weight is 528 g/mol. The first-order valence-corrected chi connectivity index (χ1v) is 10.4. The summed E-state index contributed by atoms with van der Waals surface area (Å²) in [5.74, 6) is 0.696. The second-order valence-electron chi connectivity index (χ2n) is 5.88. The van der Waals surface area contributed by atoms with Gasteiger partial charge in [-0.3, -0.25) is 4.99 Å². The van der Waals surface area contributed by atoms with Crippen LogP contribution in [0.5, 0.6) is 5.75 Å². The molecule has 0 aromatic heterocycles. The molecule has 0 heterocycles. The van der Waals surface area contributed by atoms with Gasteiger partial charge in [-0.25, -0.2) is 0 Å². The van der Waals surface area contributed by atoms with Gasteiger partial charge in [-0.1, -0.05) is 63.4 Å². The van der Waals surface area contributed by atoms with Crippen molar-refractivity contribution in [2.75, 3.05) is 0 Å².